The van der Waals surface area contributed by atoms with Gasteiger partial charge < -0.3 is 5.11 Å². The van der Waals surface area contributed by atoms with E-state index in [0.29, 0.717) is 39.6 Å². The second-order valence-corrected chi connectivity index (χ2v) is 16.2. The number of pyridine rings is 1. The van der Waals surface area contributed by atoms with E-state index in [0.717, 1.165) is 39.9 Å². The molecule has 2 aromatic heterocycles. The maximum atomic E-state index is 11.4. The first kappa shape index (κ1) is 28.0. The first-order valence-corrected chi connectivity index (χ1v) is 19.3. The van der Waals surface area contributed by atoms with Crippen molar-refractivity contribution >= 4 is 11.0 Å². The van der Waals surface area contributed by atoms with E-state index >= 15 is 0 Å². The molecule has 0 aliphatic carbocycles. The first-order chi connectivity index (χ1) is 33.2. The van der Waals surface area contributed by atoms with Crippen molar-refractivity contribution in [1.82, 2.24) is 14.5 Å². The summed E-state index contributed by atoms with van der Waals surface area (Å²) < 4.78 is 112. The summed E-state index contributed by atoms with van der Waals surface area (Å²) in [6.07, 6.45) is 2.29. The average Bonchev–Trinajstić information content (AvgIpc) is 3.68. The molecule has 0 saturated carbocycles. The van der Waals surface area contributed by atoms with E-state index in [1.54, 1.807) is 12.1 Å². The molecule has 0 saturated heterocycles. The van der Waals surface area contributed by atoms with Crippen molar-refractivity contribution in [2.24, 2.45) is 5.92 Å². The number of hydrogen-bond donors (Lipinski definition) is 1. The van der Waals surface area contributed by atoms with E-state index in [9.17, 15) is 5.11 Å². The third-order valence-corrected chi connectivity index (χ3v) is 10.2. The minimum atomic E-state index is -3.80. The molecule has 0 bridgehead atoms. The fourth-order valence-corrected chi connectivity index (χ4v) is 7.29. The van der Waals surface area contributed by atoms with E-state index in [1.165, 1.54) is 23.9 Å². The quantitative estimate of drug-likeness (QED) is 0.154. The second kappa shape index (κ2) is 16.6. The van der Waals surface area contributed by atoms with Gasteiger partial charge in [0.05, 0.1) is 27.8 Å². The Labute approximate surface area is 382 Å². The summed E-state index contributed by atoms with van der Waals surface area (Å²) in [5.74, 6) is 0.997. The number of phenolic OH excluding ortho intramolecular Hbond substituents is 1. The Morgan fingerprint density at radius 1 is 0.695 bits per heavy atom. The van der Waals surface area contributed by atoms with Gasteiger partial charge in [0.2, 0.25) is 0 Å². The number of nitrogens with zero attached hydrogens (tertiary/aromatic N) is 3. The fourth-order valence-electron chi connectivity index (χ4n) is 7.29. The van der Waals surface area contributed by atoms with Crippen LogP contribution in [0.25, 0.3) is 72.7 Å². The number of para-hydroxylation sites is 2. The van der Waals surface area contributed by atoms with Crippen LogP contribution in [0.3, 0.4) is 0 Å². The minimum absolute atomic E-state index is 0. The summed E-state index contributed by atoms with van der Waals surface area (Å²) in [6, 6.07) is 36.3. The van der Waals surface area contributed by atoms with Gasteiger partial charge in [-0.05, 0) is 87.4 Å². The molecule has 0 aliphatic heterocycles. The normalized spacial score (nSPS) is 15.7. The number of hydrogen-bond acceptors (Lipinski definition) is 3. The SMILES string of the molecule is [2H]c1c([2H])c(C(C([2H])([2H])[2H])(C([2H])([2H])[2H])C([2H])([2H])[2H])c([2H])c([2H])c1-c1ccnc(-c2[c-]c(-c3cccc4c3nc(-c3ccccc3O)n4-c3ccc(CC(C)C)cc3-c3ccccc3)cc(C(C)(C)C)c2)c1.[Pt]. The van der Waals surface area contributed by atoms with Gasteiger partial charge in [-0.2, -0.15) is 0 Å². The molecule has 5 heteroatoms. The summed E-state index contributed by atoms with van der Waals surface area (Å²) in [6.45, 7) is -0.856. The molecule has 0 radical (unpaired) electrons. The number of fused-ring (bicyclic) bond motifs is 1. The van der Waals surface area contributed by atoms with Crippen molar-refractivity contribution in [3.05, 3.63) is 168 Å². The van der Waals surface area contributed by atoms with Gasteiger partial charge in [-0.25, -0.2) is 4.98 Å². The Kier molecular flexibility index (Phi) is 7.87. The van der Waals surface area contributed by atoms with Gasteiger partial charge in [0, 0.05) is 50.9 Å². The molecule has 0 atom stereocenters. The van der Waals surface area contributed by atoms with Crippen LogP contribution >= 0.6 is 0 Å². The zero-order chi connectivity index (χ0) is 51.7. The molecule has 1 N–H and O–H groups in total. The third-order valence-electron chi connectivity index (χ3n) is 10.2. The minimum Gasteiger partial charge on any atom is -0.507 e. The van der Waals surface area contributed by atoms with Gasteiger partial charge in [-0.3, -0.25) is 9.55 Å². The summed E-state index contributed by atoms with van der Waals surface area (Å²) >= 11 is 0. The maximum absolute atomic E-state index is 11.4. The third kappa shape index (κ3) is 8.61. The molecule has 59 heavy (non-hydrogen) atoms. The molecule has 8 aromatic rings. The molecule has 0 aliphatic rings. The number of aromatic hydroxyl groups is 1. The Morgan fingerprint density at radius 2 is 1.41 bits per heavy atom. The number of phenols is 1. The van der Waals surface area contributed by atoms with Gasteiger partial charge in [0.1, 0.15) is 11.6 Å². The van der Waals surface area contributed by atoms with E-state index in [-0.39, 0.29) is 37.9 Å². The maximum Gasteiger partial charge on any atom is 0.148 e. The van der Waals surface area contributed by atoms with Gasteiger partial charge in [-0.15, -0.1) is 29.3 Å². The number of rotatable bonds is 8. The topological polar surface area (TPSA) is 50.9 Å². The Morgan fingerprint density at radius 3 is 2.12 bits per heavy atom. The van der Waals surface area contributed by atoms with Gasteiger partial charge in [0.25, 0.3) is 0 Å². The summed E-state index contributed by atoms with van der Waals surface area (Å²) in [7, 11) is 0. The molecule has 300 valence electrons. The standard InChI is InChI=1S/C54H52N3O.Pt/c1-35(2)29-36-21-26-48(46(30-36)38-15-10-9-11-16-38)57-49-19-14-18-44(51(49)56-52(57)45-17-12-13-20-50(45)58)40-31-41(33-43(32-40)54(6,7)8)47-34-39(27-28-55-47)37-22-24-42(25-23-37)53(3,4)5;/h9-28,30,32-35,58H,29H2,1-8H3;/q-1;/i3D3,4D3,5D3,22D,23D,24D,25D;. The molecule has 6 aromatic carbocycles. The monoisotopic (exact) mass is 966 g/mol. The van der Waals surface area contributed by atoms with Gasteiger partial charge >= 0.3 is 0 Å². The van der Waals surface area contributed by atoms with E-state index < -0.39 is 61.1 Å². The number of imidazole rings is 1. The van der Waals surface area contributed by atoms with Crippen LogP contribution in [0.4, 0.5) is 0 Å². The Balaban J connectivity index is 0.00000760. The van der Waals surface area contributed by atoms with Crippen LogP contribution in [0.1, 0.15) is 89.7 Å². The molecule has 0 amide bonds. The molecule has 0 fully saturated rings. The smallest absolute Gasteiger partial charge is 0.148 e. The van der Waals surface area contributed by atoms with Gasteiger partial charge in [-0.1, -0.05) is 157 Å². The molecule has 0 spiro atoms. The average molecular weight is 967 g/mol. The van der Waals surface area contributed by atoms with Crippen LogP contribution in [-0.4, -0.2) is 19.6 Å². The van der Waals surface area contributed by atoms with Crippen molar-refractivity contribution in [2.45, 2.75) is 72.4 Å². The number of aromatic nitrogens is 3. The largest absolute Gasteiger partial charge is 0.507 e. The predicted octanol–water partition coefficient (Wildman–Crippen LogP) is 14.1. The molecular formula is C54H52N3OPt-. The molecule has 2 heterocycles. The van der Waals surface area contributed by atoms with Crippen LogP contribution in [0.5, 0.6) is 5.75 Å². The summed E-state index contributed by atoms with van der Waals surface area (Å²) in [5.41, 5.74) is 3.43. The van der Waals surface area contributed by atoms with Crippen LogP contribution in [0.15, 0.2) is 146 Å². The van der Waals surface area contributed by atoms with Crippen LogP contribution in [-0.2, 0) is 38.3 Å². The van der Waals surface area contributed by atoms with E-state index in [2.05, 4.69) is 80.6 Å². The zero-order valence-corrected chi connectivity index (χ0v) is 35.7. The van der Waals surface area contributed by atoms with E-state index in [4.69, 9.17) is 22.8 Å². The molecule has 4 nitrogen and oxygen atoms in total. The van der Waals surface area contributed by atoms with Crippen molar-refractivity contribution in [1.29, 1.82) is 0 Å². The molecule has 8 rings (SSSR count). The van der Waals surface area contributed by atoms with Gasteiger partial charge in [0.15, 0.2) is 0 Å². The first-order valence-electron chi connectivity index (χ1n) is 25.8. The summed E-state index contributed by atoms with van der Waals surface area (Å²) in [4.78, 5) is 10.0. The van der Waals surface area contributed by atoms with Crippen molar-refractivity contribution < 1.29 is 44.0 Å². The van der Waals surface area contributed by atoms with Crippen molar-refractivity contribution in [3.63, 3.8) is 0 Å². The Hall–Kier alpha value is -5.57. The second-order valence-electron chi connectivity index (χ2n) is 16.2. The molecule has 0 unspecified atom stereocenters. The summed E-state index contributed by atoms with van der Waals surface area (Å²) in [5, 5.41) is 11.4. The zero-order valence-electron chi connectivity index (χ0n) is 46.4. The molecular weight excluding hydrogens is 902 g/mol. The van der Waals surface area contributed by atoms with Crippen LogP contribution in [0, 0.1) is 12.0 Å². The van der Waals surface area contributed by atoms with E-state index in [1.807, 2.05) is 60.7 Å². The predicted molar refractivity (Wildman–Crippen MR) is 242 cm³/mol. The van der Waals surface area contributed by atoms with Crippen molar-refractivity contribution in [3.8, 4) is 67.5 Å². The Bertz CT molecular complexity index is 3270. The number of benzene rings is 6. The van der Waals surface area contributed by atoms with Crippen LogP contribution < -0.4 is 0 Å². The van der Waals surface area contributed by atoms with Crippen molar-refractivity contribution in [2.75, 3.05) is 0 Å². The van der Waals surface area contributed by atoms with Crippen LogP contribution in [0.2, 0.25) is 0 Å². The fraction of sp³-hybridized carbons (Fsp3) is 0.222.